The predicted octanol–water partition coefficient (Wildman–Crippen LogP) is 0.422. The maximum Gasteiger partial charge on any atom is 0.255 e. The van der Waals surface area contributed by atoms with Crippen molar-refractivity contribution < 1.29 is 9.53 Å². The van der Waals surface area contributed by atoms with Crippen LogP contribution < -0.4 is 10.5 Å². The van der Waals surface area contributed by atoms with Crippen molar-refractivity contribution in [2.45, 2.75) is 0 Å². The maximum atomic E-state index is 10.3. The van der Waals surface area contributed by atoms with E-state index in [2.05, 4.69) is 0 Å². The third kappa shape index (κ3) is 2.83. The van der Waals surface area contributed by atoms with E-state index in [4.69, 9.17) is 15.7 Å². The summed E-state index contributed by atoms with van der Waals surface area (Å²) in [5, 5.41) is 8.48. The second kappa shape index (κ2) is 4.12. The first-order valence-corrected chi connectivity index (χ1v) is 3.63. The average Bonchev–Trinajstić information content (AvgIpc) is 2.15. The van der Waals surface area contributed by atoms with Crippen molar-refractivity contribution >= 4 is 5.91 Å². The molecule has 1 rings (SSSR count). The smallest absolute Gasteiger partial charge is 0.255 e. The number of ether oxygens (including phenoxy) is 1. The number of amides is 1. The molecule has 1 amide bonds. The van der Waals surface area contributed by atoms with Crippen LogP contribution in [0.4, 0.5) is 0 Å². The standard InChI is InChI=1S/C9H8N2O2/c10-5-7-1-3-8(4-2-7)13-6-9(11)12/h1-4H,6H2,(H2,11,12). The Labute approximate surface area is 75.5 Å². The van der Waals surface area contributed by atoms with Gasteiger partial charge in [-0.3, -0.25) is 4.79 Å². The van der Waals surface area contributed by atoms with E-state index in [9.17, 15) is 4.79 Å². The highest BCUT2D eigenvalue weighted by Gasteiger charge is 1.96. The summed E-state index contributed by atoms with van der Waals surface area (Å²) >= 11 is 0. The van der Waals surface area contributed by atoms with Crippen molar-refractivity contribution in [3.05, 3.63) is 29.8 Å². The molecule has 0 saturated heterocycles. The van der Waals surface area contributed by atoms with Crippen LogP contribution in [0.2, 0.25) is 0 Å². The Morgan fingerprint density at radius 3 is 2.54 bits per heavy atom. The van der Waals surface area contributed by atoms with Crippen LogP contribution in [0.15, 0.2) is 24.3 Å². The van der Waals surface area contributed by atoms with Crippen LogP contribution in [-0.4, -0.2) is 12.5 Å². The number of primary amides is 1. The summed E-state index contributed by atoms with van der Waals surface area (Å²) in [6, 6.07) is 8.41. The molecule has 4 nitrogen and oxygen atoms in total. The molecule has 0 heterocycles. The third-order valence-electron chi connectivity index (χ3n) is 1.36. The van der Waals surface area contributed by atoms with Gasteiger partial charge in [0.15, 0.2) is 6.61 Å². The molecule has 1 aromatic rings. The van der Waals surface area contributed by atoms with Crippen molar-refractivity contribution in [1.29, 1.82) is 5.26 Å². The Kier molecular flexibility index (Phi) is 2.87. The molecule has 0 bridgehead atoms. The summed E-state index contributed by atoms with van der Waals surface area (Å²) in [7, 11) is 0. The summed E-state index contributed by atoms with van der Waals surface area (Å²) in [6.07, 6.45) is 0. The third-order valence-corrected chi connectivity index (χ3v) is 1.36. The summed E-state index contributed by atoms with van der Waals surface area (Å²) < 4.78 is 4.98. The lowest BCUT2D eigenvalue weighted by Crippen LogP contribution is -2.19. The van der Waals surface area contributed by atoms with Crippen molar-refractivity contribution in [3.63, 3.8) is 0 Å². The van der Waals surface area contributed by atoms with Crippen molar-refractivity contribution in [3.8, 4) is 11.8 Å². The average molecular weight is 176 g/mol. The van der Waals surface area contributed by atoms with Gasteiger partial charge in [0, 0.05) is 0 Å². The number of carbonyl (C=O) groups is 1. The molecule has 0 aliphatic rings. The Morgan fingerprint density at radius 2 is 2.08 bits per heavy atom. The van der Waals surface area contributed by atoms with Crippen molar-refractivity contribution in [2.24, 2.45) is 5.73 Å². The first kappa shape index (κ1) is 9.07. The van der Waals surface area contributed by atoms with Crippen LogP contribution in [0, 0.1) is 11.3 Å². The zero-order valence-corrected chi connectivity index (χ0v) is 6.86. The van der Waals surface area contributed by atoms with E-state index >= 15 is 0 Å². The highest BCUT2D eigenvalue weighted by Crippen LogP contribution is 2.10. The quantitative estimate of drug-likeness (QED) is 0.725. The van der Waals surface area contributed by atoms with E-state index in [1.165, 1.54) is 0 Å². The zero-order chi connectivity index (χ0) is 9.68. The van der Waals surface area contributed by atoms with Gasteiger partial charge in [0.25, 0.3) is 5.91 Å². The number of hydrogen-bond donors (Lipinski definition) is 1. The first-order chi connectivity index (χ1) is 6.22. The van der Waals surface area contributed by atoms with Gasteiger partial charge in [-0.25, -0.2) is 0 Å². The van der Waals surface area contributed by atoms with Gasteiger partial charge in [-0.05, 0) is 24.3 Å². The number of carbonyl (C=O) groups excluding carboxylic acids is 1. The van der Waals surface area contributed by atoms with E-state index in [-0.39, 0.29) is 6.61 Å². The Morgan fingerprint density at radius 1 is 1.46 bits per heavy atom. The molecule has 4 heteroatoms. The molecule has 0 spiro atoms. The van der Waals surface area contributed by atoms with E-state index in [0.717, 1.165) is 0 Å². The van der Waals surface area contributed by atoms with Gasteiger partial charge in [0.1, 0.15) is 5.75 Å². The largest absolute Gasteiger partial charge is 0.484 e. The van der Waals surface area contributed by atoms with Crippen LogP contribution in [-0.2, 0) is 4.79 Å². The molecule has 0 aliphatic heterocycles. The molecule has 66 valence electrons. The minimum Gasteiger partial charge on any atom is -0.484 e. The number of nitrogens with zero attached hydrogens (tertiary/aromatic N) is 1. The fourth-order valence-corrected chi connectivity index (χ4v) is 0.780. The lowest BCUT2D eigenvalue weighted by Gasteiger charge is -2.01. The van der Waals surface area contributed by atoms with Gasteiger partial charge in [-0.15, -0.1) is 0 Å². The Balaban J connectivity index is 2.60. The van der Waals surface area contributed by atoms with Gasteiger partial charge >= 0.3 is 0 Å². The molecule has 0 unspecified atom stereocenters. The highest BCUT2D eigenvalue weighted by atomic mass is 16.5. The second-order valence-corrected chi connectivity index (χ2v) is 2.39. The summed E-state index contributed by atoms with van der Waals surface area (Å²) in [5.74, 6) is 0.00200. The molecule has 0 radical (unpaired) electrons. The van der Waals surface area contributed by atoms with Crippen LogP contribution in [0.5, 0.6) is 5.75 Å². The van der Waals surface area contributed by atoms with Crippen molar-refractivity contribution in [2.75, 3.05) is 6.61 Å². The molecule has 0 fully saturated rings. The summed E-state index contributed by atoms with van der Waals surface area (Å²) in [4.78, 5) is 10.3. The summed E-state index contributed by atoms with van der Waals surface area (Å²) in [6.45, 7) is -0.147. The minimum atomic E-state index is -0.524. The SMILES string of the molecule is N#Cc1ccc(OCC(N)=O)cc1. The molecular weight excluding hydrogens is 168 g/mol. The molecule has 2 N–H and O–H groups in total. The predicted molar refractivity (Wildman–Crippen MR) is 45.8 cm³/mol. The minimum absolute atomic E-state index is 0.147. The molecule has 0 atom stereocenters. The second-order valence-electron chi connectivity index (χ2n) is 2.39. The lowest BCUT2D eigenvalue weighted by atomic mass is 10.2. The van der Waals surface area contributed by atoms with Crippen LogP contribution >= 0.6 is 0 Å². The number of nitriles is 1. The topological polar surface area (TPSA) is 76.1 Å². The monoisotopic (exact) mass is 176 g/mol. The lowest BCUT2D eigenvalue weighted by molar-refractivity contribution is -0.119. The van der Waals surface area contributed by atoms with Gasteiger partial charge in [-0.1, -0.05) is 0 Å². The molecular formula is C9H8N2O2. The van der Waals surface area contributed by atoms with Crippen LogP contribution in [0.25, 0.3) is 0 Å². The van der Waals surface area contributed by atoms with Gasteiger partial charge in [0.2, 0.25) is 0 Å². The van der Waals surface area contributed by atoms with Crippen LogP contribution in [0.1, 0.15) is 5.56 Å². The number of benzene rings is 1. The molecule has 0 saturated carbocycles. The Bertz CT molecular complexity index is 338. The van der Waals surface area contributed by atoms with Gasteiger partial charge in [-0.2, -0.15) is 5.26 Å². The summed E-state index contributed by atoms with van der Waals surface area (Å²) in [5.41, 5.74) is 5.43. The van der Waals surface area contributed by atoms with Gasteiger partial charge < -0.3 is 10.5 Å². The normalized spacial score (nSPS) is 8.85. The number of rotatable bonds is 3. The zero-order valence-electron chi connectivity index (χ0n) is 6.86. The fraction of sp³-hybridized carbons (Fsp3) is 0.111. The van der Waals surface area contributed by atoms with E-state index in [1.54, 1.807) is 24.3 Å². The highest BCUT2D eigenvalue weighted by molar-refractivity contribution is 5.75. The molecule has 13 heavy (non-hydrogen) atoms. The Hall–Kier alpha value is -2.02. The van der Waals surface area contributed by atoms with Gasteiger partial charge in [0.05, 0.1) is 11.6 Å². The number of hydrogen-bond acceptors (Lipinski definition) is 3. The molecule has 1 aromatic carbocycles. The molecule has 0 aromatic heterocycles. The van der Waals surface area contributed by atoms with Crippen molar-refractivity contribution in [1.82, 2.24) is 0 Å². The maximum absolute atomic E-state index is 10.3. The van der Waals surface area contributed by atoms with E-state index in [1.807, 2.05) is 6.07 Å². The fourth-order valence-electron chi connectivity index (χ4n) is 0.780. The van der Waals surface area contributed by atoms with E-state index < -0.39 is 5.91 Å². The molecule has 0 aliphatic carbocycles. The first-order valence-electron chi connectivity index (χ1n) is 3.63. The van der Waals surface area contributed by atoms with E-state index in [0.29, 0.717) is 11.3 Å². The van der Waals surface area contributed by atoms with Crippen LogP contribution in [0.3, 0.4) is 0 Å². The number of nitrogens with two attached hydrogens (primary N) is 1.